The third-order valence-corrected chi connectivity index (χ3v) is 7.06. The molecule has 0 aliphatic carbocycles. The van der Waals surface area contributed by atoms with Crippen LogP contribution in [-0.2, 0) is 24.4 Å². The Kier molecular flexibility index (Phi) is 8.50. The lowest BCUT2D eigenvalue weighted by atomic mass is 10.2. The third kappa shape index (κ3) is 6.35. The van der Waals surface area contributed by atoms with Gasteiger partial charge in [-0.25, -0.2) is 8.42 Å². The van der Waals surface area contributed by atoms with Crippen LogP contribution in [0.2, 0.25) is 5.02 Å². The van der Waals surface area contributed by atoms with Gasteiger partial charge in [-0.15, -0.1) is 0 Å². The number of amides is 1. The molecular weight excluding hydrogens is 474 g/mol. The van der Waals surface area contributed by atoms with Crippen molar-refractivity contribution in [2.24, 2.45) is 5.16 Å². The standard InChI is InChI=1S/C21H24ClN3O7S/c1-29-18-6-3-15(11-19(18)30-2)13-23-32-14-21(26)24-16-4-5-17(22)20(12-16)33(27,28)25-7-9-31-10-8-25/h3-6,11-13H,7-10,14H2,1-2H3,(H,24,26)/b23-13+. The number of ether oxygens (including phenoxy) is 3. The fourth-order valence-electron chi connectivity index (χ4n) is 3.03. The van der Waals surface area contributed by atoms with Crippen LogP contribution < -0.4 is 14.8 Å². The minimum Gasteiger partial charge on any atom is -0.493 e. The van der Waals surface area contributed by atoms with Crippen LogP contribution in [0.25, 0.3) is 0 Å². The van der Waals surface area contributed by atoms with E-state index < -0.39 is 15.9 Å². The highest BCUT2D eigenvalue weighted by molar-refractivity contribution is 7.89. The van der Waals surface area contributed by atoms with E-state index in [4.69, 9.17) is 30.6 Å². The van der Waals surface area contributed by atoms with Crippen molar-refractivity contribution in [2.45, 2.75) is 4.90 Å². The van der Waals surface area contributed by atoms with Crippen molar-refractivity contribution >= 4 is 39.4 Å². The summed E-state index contributed by atoms with van der Waals surface area (Å²) in [4.78, 5) is 17.1. The molecule has 2 aromatic carbocycles. The van der Waals surface area contributed by atoms with Crippen molar-refractivity contribution in [3.63, 3.8) is 0 Å². The maximum Gasteiger partial charge on any atom is 0.265 e. The molecule has 0 radical (unpaired) electrons. The summed E-state index contributed by atoms with van der Waals surface area (Å²) in [6.07, 6.45) is 1.42. The van der Waals surface area contributed by atoms with E-state index in [1.807, 2.05) is 0 Å². The van der Waals surface area contributed by atoms with Gasteiger partial charge in [0.25, 0.3) is 5.91 Å². The molecule has 1 aliphatic heterocycles. The van der Waals surface area contributed by atoms with Gasteiger partial charge in [-0.2, -0.15) is 4.31 Å². The van der Waals surface area contributed by atoms with Gasteiger partial charge in [0.2, 0.25) is 10.0 Å². The first-order chi connectivity index (χ1) is 15.8. The van der Waals surface area contributed by atoms with E-state index in [-0.39, 0.29) is 35.3 Å². The second-order valence-corrected chi connectivity index (χ2v) is 9.15. The van der Waals surface area contributed by atoms with Crippen molar-refractivity contribution in [1.82, 2.24) is 4.31 Å². The Balaban J connectivity index is 1.59. The van der Waals surface area contributed by atoms with E-state index in [2.05, 4.69) is 10.5 Å². The molecule has 0 bridgehead atoms. The zero-order valence-corrected chi connectivity index (χ0v) is 19.7. The third-order valence-electron chi connectivity index (χ3n) is 4.68. The Bertz CT molecular complexity index is 1120. The molecular formula is C21H24ClN3O7S. The number of halogens is 1. The number of morpholine rings is 1. The van der Waals surface area contributed by atoms with Crippen LogP contribution >= 0.6 is 11.6 Å². The topological polar surface area (TPSA) is 116 Å². The first kappa shape index (κ1) is 24.8. The molecule has 3 rings (SSSR count). The number of hydrogen-bond acceptors (Lipinski definition) is 8. The summed E-state index contributed by atoms with van der Waals surface area (Å²) < 4.78 is 42.7. The lowest BCUT2D eigenvalue weighted by Gasteiger charge is -2.26. The molecule has 1 N–H and O–H groups in total. The molecule has 0 spiro atoms. The Morgan fingerprint density at radius 3 is 2.58 bits per heavy atom. The van der Waals surface area contributed by atoms with Gasteiger partial charge in [-0.05, 0) is 36.4 Å². The number of rotatable bonds is 9. The smallest absolute Gasteiger partial charge is 0.265 e. The molecule has 0 unspecified atom stereocenters. The highest BCUT2D eigenvalue weighted by Gasteiger charge is 2.28. The summed E-state index contributed by atoms with van der Waals surface area (Å²) in [7, 11) is -0.759. The maximum atomic E-state index is 12.9. The Hall–Kier alpha value is -2.86. The van der Waals surface area contributed by atoms with Gasteiger partial charge in [0.05, 0.1) is 38.7 Å². The first-order valence-corrected chi connectivity index (χ1v) is 11.7. The summed E-state index contributed by atoms with van der Waals surface area (Å²) in [5.74, 6) is 0.592. The second kappa shape index (κ2) is 11.3. The van der Waals surface area contributed by atoms with E-state index in [0.29, 0.717) is 30.3 Å². The summed E-state index contributed by atoms with van der Waals surface area (Å²) in [5, 5.41) is 6.41. The van der Waals surface area contributed by atoms with Crippen LogP contribution in [0.15, 0.2) is 46.4 Å². The lowest BCUT2D eigenvalue weighted by Crippen LogP contribution is -2.40. The Labute approximate surface area is 197 Å². The molecule has 1 fully saturated rings. The van der Waals surface area contributed by atoms with E-state index in [1.165, 1.54) is 42.9 Å². The highest BCUT2D eigenvalue weighted by atomic mass is 35.5. The second-order valence-electron chi connectivity index (χ2n) is 6.83. The van der Waals surface area contributed by atoms with Crippen molar-refractivity contribution in [2.75, 3.05) is 52.4 Å². The average Bonchev–Trinajstić information content (AvgIpc) is 2.83. The first-order valence-electron chi connectivity index (χ1n) is 9.90. The predicted molar refractivity (Wildman–Crippen MR) is 123 cm³/mol. The Morgan fingerprint density at radius 2 is 1.88 bits per heavy atom. The quantitative estimate of drug-likeness (QED) is 0.417. The number of methoxy groups -OCH3 is 2. The van der Waals surface area contributed by atoms with Crippen LogP contribution in [0.5, 0.6) is 11.5 Å². The van der Waals surface area contributed by atoms with Crippen molar-refractivity contribution < 1.29 is 32.3 Å². The molecule has 178 valence electrons. The summed E-state index contributed by atoms with van der Waals surface area (Å²) in [6, 6.07) is 9.41. The fraction of sp³-hybridized carbons (Fsp3) is 0.333. The van der Waals surface area contributed by atoms with Gasteiger partial charge in [0.1, 0.15) is 4.90 Å². The predicted octanol–water partition coefficient (Wildman–Crippen LogP) is 2.37. The molecule has 0 aromatic heterocycles. The van der Waals surface area contributed by atoms with Crippen LogP contribution in [0.1, 0.15) is 5.56 Å². The minimum atomic E-state index is -3.82. The summed E-state index contributed by atoms with van der Waals surface area (Å²) >= 11 is 6.13. The normalized spacial score (nSPS) is 14.8. The van der Waals surface area contributed by atoms with Crippen molar-refractivity contribution in [1.29, 1.82) is 0 Å². The largest absolute Gasteiger partial charge is 0.493 e. The molecule has 10 nitrogen and oxygen atoms in total. The molecule has 2 aromatic rings. The number of benzene rings is 2. The van der Waals surface area contributed by atoms with Gasteiger partial charge in [0, 0.05) is 24.3 Å². The zero-order valence-electron chi connectivity index (χ0n) is 18.1. The van der Waals surface area contributed by atoms with E-state index >= 15 is 0 Å². The molecule has 0 saturated carbocycles. The fourth-order valence-corrected chi connectivity index (χ4v) is 4.94. The van der Waals surface area contributed by atoms with Gasteiger partial charge in [0.15, 0.2) is 18.1 Å². The number of hydrogen-bond donors (Lipinski definition) is 1. The summed E-state index contributed by atoms with van der Waals surface area (Å²) in [5.41, 5.74) is 0.951. The van der Waals surface area contributed by atoms with Crippen LogP contribution in [-0.4, -0.2) is 72.0 Å². The minimum absolute atomic E-state index is 0.0651. The van der Waals surface area contributed by atoms with Crippen molar-refractivity contribution in [3.05, 3.63) is 47.0 Å². The monoisotopic (exact) mass is 497 g/mol. The number of anilines is 1. The van der Waals surface area contributed by atoms with Crippen molar-refractivity contribution in [3.8, 4) is 11.5 Å². The number of sulfonamides is 1. The molecule has 1 amide bonds. The molecule has 33 heavy (non-hydrogen) atoms. The molecule has 0 atom stereocenters. The maximum absolute atomic E-state index is 12.9. The number of oxime groups is 1. The van der Waals surface area contributed by atoms with E-state index in [9.17, 15) is 13.2 Å². The number of nitrogens with one attached hydrogen (secondary N) is 1. The van der Waals surface area contributed by atoms with Gasteiger partial charge >= 0.3 is 0 Å². The van der Waals surface area contributed by atoms with Gasteiger partial charge in [-0.3, -0.25) is 4.79 Å². The number of carbonyl (C=O) groups is 1. The molecule has 1 heterocycles. The number of carbonyl (C=O) groups excluding carboxylic acids is 1. The average molecular weight is 498 g/mol. The SMILES string of the molecule is COc1ccc(/C=N/OCC(=O)Nc2ccc(Cl)c(S(=O)(=O)N3CCOCC3)c2)cc1OC. The Morgan fingerprint density at radius 1 is 1.15 bits per heavy atom. The molecule has 12 heteroatoms. The zero-order chi connectivity index (χ0) is 23.8. The number of nitrogens with zero attached hydrogens (tertiary/aromatic N) is 2. The molecule has 1 saturated heterocycles. The van der Waals surface area contributed by atoms with Crippen LogP contribution in [0, 0.1) is 0 Å². The summed E-state index contributed by atoms with van der Waals surface area (Å²) in [6.45, 7) is 0.725. The van der Waals surface area contributed by atoms with E-state index in [1.54, 1.807) is 18.2 Å². The van der Waals surface area contributed by atoms with Gasteiger partial charge < -0.3 is 24.4 Å². The van der Waals surface area contributed by atoms with E-state index in [0.717, 1.165) is 0 Å². The highest BCUT2D eigenvalue weighted by Crippen LogP contribution is 2.28. The molecule has 1 aliphatic rings. The van der Waals surface area contributed by atoms with Gasteiger partial charge in [-0.1, -0.05) is 16.8 Å². The lowest BCUT2D eigenvalue weighted by molar-refractivity contribution is -0.120. The van der Waals surface area contributed by atoms with Crippen LogP contribution in [0.4, 0.5) is 5.69 Å². The van der Waals surface area contributed by atoms with Crippen LogP contribution in [0.3, 0.4) is 0 Å².